The van der Waals surface area contributed by atoms with Crippen molar-refractivity contribution < 1.29 is 4.79 Å². The van der Waals surface area contributed by atoms with Gasteiger partial charge in [-0.3, -0.25) is 4.79 Å². The van der Waals surface area contributed by atoms with Crippen molar-refractivity contribution in [2.75, 3.05) is 20.1 Å². The summed E-state index contributed by atoms with van der Waals surface area (Å²) in [6, 6.07) is 2.13. The van der Waals surface area contributed by atoms with Gasteiger partial charge >= 0.3 is 0 Å². The second-order valence-electron chi connectivity index (χ2n) is 4.97. The van der Waals surface area contributed by atoms with Crippen LogP contribution in [0.25, 0.3) is 0 Å². The standard InChI is InChI=1S/C13H23N3O/c1-11(7-8-14)16(2)13(17)6-5-12-4-3-9-15-10-12/h11-12,15H,3-7,9-10H2,1-2H3. The van der Waals surface area contributed by atoms with Crippen molar-refractivity contribution in [1.29, 1.82) is 5.26 Å². The Balaban J connectivity index is 2.26. The van der Waals surface area contributed by atoms with Crippen molar-refractivity contribution in [3.8, 4) is 6.07 Å². The van der Waals surface area contributed by atoms with Gasteiger partial charge in [0.25, 0.3) is 0 Å². The summed E-state index contributed by atoms with van der Waals surface area (Å²) in [5.74, 6) is 0.811. The van der Waals surface area contributed by atoms with E-state index in [9.17, 15) is 4.79 Å². The maximum absolute atomic E-state index is 11.9. The Kier molecular flexibility index (Phi) is 5.99. The highest BCUT2D eigenvalue weighted by molar-refractivity contribution is 5.76. The third kappa shape index (κ3) is 4.74. The van der Waals surface area contributed by atoms with Crippen molar-refractivity contribution >= 4 is 5.91 Å². The zero-order chi connectivity index (χ0) is 12.7. The molecule has 4 nitrogen and oxygen atoms in total. The highest BCUT2D eigenvalue weighted by Crippen LogP contribution is 2.17. The monoisotopic (exact) mass is 237 g/mol. The molecule has 1 heterocycles. The summed E-state index contributed by atoms with van der Waals surface area (Å²) in [4.78, 5) is 13.6. The number of nitriles is 1. The second-order valence-corrected chi connectivity index (χ2v) is 4.97. The Bertz CT molecular complexity index is 279. The molecule has 0 spiro atoms. The van der Waals surface area contributed by atoms with Crippen LogP contribution < -0.4 is 5.32 Å². The van der Waals surface area contributed by atoms with E-state index in [0.717, 1.165) is 19.5 Å². The van der Waals surface area contributed by atoms with E-state index in [-0.39, 0.29) is 11.9 Å². The molecule has 0 aromatic carbocycles. The molecule has 96 valence electrons. The van der Waals surface area contributed by atoms with Crippen LogP contribution in [0.2, 0.25) is 0 Å². The summed E-state index contributed by atoms with van der Waals surface area (Å²) in [6.45, 7) is 4.08. The van der Waals surface area contributed by atoms with E-state index in [1.54, 1.807) is 11.9 Å². The zero-order valence-electron chi connectivity index (χ0n) is 10.9. The Morgan fingerprint density at radius 2 is 2.41 bits per heavy atom. The molecule has 0 bridgehead atoms. The third-order valence-corrected chi connectivity index (χ3v) is 3.61. The van der Waals surface area contributed by atoms with Crippen LogP contribution in [-0.2, 0) is 4.79 Å². The number of rotatable bonds is 5. The third-order valence-electron chi connectivity index (χ3n) is 3.61. The lowest BCUT2D eigenvalue weighted by molar-refractivity contribution is -0.131. The Labute approximate surface area is 104 Å². The molecule has 0 radical (unpaired) electrons. The van der Waals surface area contributed by atoms with Crippen LogP contribution in [0.5, 0.6) is 0 Å². The molecule has 1 aliphatic heterocycles. The minimum atomic E-state index is 0.0250. The van der Waals surface area contributed by atoms with E-state index < -0.39 is 0 Å². The van der Waals surface area contributed by atoms with Crippen LogP contribution >= 0.6 is 0 Å². The summed E-state index contributed by atoms with van der Waals surface area (Å²) in [6.07, 6.45) is 4.44. The largest absolute Gasteiger partial charge is 0.342 e. The topological polar surface area (TPSA) is 56.1 Å². The summed E-state index contributed by atoms with van der Waals surface area (Å²) >= 11 is 0. The average molecular weight is 237 g/mol. The van der Waals surface area contributed by atoms with Crippen molar-refractivity contribution in [1.82, 2.24) is 10.2 Å². The second kappa shape index (κ2) is 7.29. The number of nitrogens with one attached hydrogen (secondary N) is 1. The highest BCUT2D eigenvalue weighted by Gasteiger charge is 2.18. The average Bonchev–Trinajstić information content (AvgIpc) is 2.36. The van der Waals surface area contributed by atoms with Gasteiger partial charge in [-0.15, -0.1) is 0 Å². The number of carbonyl (C=O) groups is 1. The fraction of sp³-hybridized carbons (Fsp3) is 0.846. The van der Waals surface area contributed by atoms with Gasteiger partial charge in [0.1, 0.15) is 0 Å². The van der Waals surface area contributed by atoms with Crippen molar-refractivity contribution in [3.05, 3.63) is 0 Å². The Morgan fingerprint density at radius 3 is 3.00 bits per heavy atom. The Hall–Kier alpha value is -1.08. The molecule has 1 N–H and O–H groups in total. The molecule has 2 atom stereocenters. The SMILES string of the molecule is CC(CC#N)N(C)C(=O)CCC1CCCNC1. The van der Waals surface area contributed by atoms with Crippen molar-refractivity contribution in [2.24, 2.45) is 5.92 Å². The van der Waals surface area contributed by atoms with Crippen LogP contribution in [0, 0.1) is 17.2 Å². The van der Waals surface area contributed by atoms with Gasteiger partial charge in [-0.05, 0) is 45.2 Å². The minimum absolute atomic E-state index is 0.0250. The van der Waals surface area contributed by atoms with E-state index in [0.29, 0.717) is 18.8 Å². The summed E-state index contributed by atoms with van der Waals surface area (Å²) in [7, 11) is 1.80. The Morgan fingerprint density at radius 1 is 1.65 bits per heavy atom. The number of carbonyl (C=O) groups excluding carboxylic acids is 1. The quantitative estimate of drug-likeness (QED) is 0.789. The van der Waals surface area contributed by atoms with Crippen molar-refractivity contribution in [2.45, 2.75) is 45.1 Å². The van der Waals surface area contributed by atoms with Gasteiger partial charge < -0.3 is 10.2 Å². The van der Waals surface area contributed by atoms with Gasteiger partial charge in [-0.2, -0.15) is 5.26 Å². The van der Waals surface area contributed by atoms with Gasteiger partial charge in [0.05, 0.1) is 12.5 Å². The number of amides is 1. The highest BCUT2D eigenvalue weighted by atomic mass is 16.2. The molecule has 1 aliphatic rings. The van der Waals surface area contributed by atoms with Gasteiger partial charge in [0.15, 0.2) is 0 Å². The maximum atomic E-state index is 11.9. The van der Waals surface area contributed by atoms with E-state index in [4.69, 9.17) is 5.26 Å². The van der Waals surface area contributed by atoms with E-state index >= 15 is 0 Å². The number of hydrogen-bond donors (Lipinski definition) is 1. The number of nitrogens with zero attached hydrogens (tertiary/aromatic N) is 2. The van der Waals surface area contributed by atoms with E-state index in [1.165, 1.54) is 12.8 Å². The molecule has 1 amide bonds. The fourth-order valence-corrected chi connectivity index (χ4v) is 2.19. The zero-order valence-corrected chi connectivity index (χ0v) is 10.9. The van der Waals surface area contributed by atoms with E-state index in [2.05, 4.69) is 11.4 Å². The maximum Gasteiger partial charge on any atom is 0.222 e. The summed E-state index contributed by atoms with van der Waals surface area (Å²) in [5, 5.41) is 12.0. The molecular formula is C13H23N3O. The molecule has 2 unspecified atom stereocenters. The van der Waals surface area contributed by atoms with Crippen molar-refractivity contribution in [3.63, 3.8) is 0 Å². The van der Waals surface area contributed by atoms with E-state index in [1.807, 2.05) is 6.92 Å². The predicted octanol–water partition coefficient (Wildman–Crippen LogP) is 1.53. The lowest BCUT2D eigenvalue weighted by Crippen LogP contribution is -2.36. The van der Waals surface area contributed by atoms with Gasteiger partial charge in [0, 0.05) is 19.5 Å². The molecule has 0 aromatic heterocycles. The first-order chi connectivity index (χ1) is 8.15. The summed E-state index contributed by atoms with van der Waals surface area (Å²) < 4.78 is 0. The lowest BCUT2D eigenvalue weighted by atomic mass is 9.94. The molecule has 4 heteroatoms. The van der Waals surface area contributed by atoms with Crippen LogP contribution in [-0.4, -0.2) is 37.0 Å². The first kappa shape index (κ1) is 14.0. The van der Waals surface area contributed by atoms with Crippen LogP contribution in [0.4, 0.5) is 0 Å². The molecule has 0 aliphatic carbocycles. The predicted molar refractivity (Wildman–Crippen MR) is 67.3 cm³/mol. The lowest BCUT2D eigenvalue weighted by Gasteiger charge is -2.26. The first-order valence-corrected chi connectivity index (χ1v) is 6.48. The number of piperidine rings is 1. The van der Waals surface area contributed by atoms with Gasteiger partial charge in [-0.1, -0.05) is 0 Å². The molecular weight excluding hydrogens is 214 g/mol. The normalized spacial score (nSPS) is 21.6. The molecule has 17 heavy (non-hydrogen) atoms. The van der Waals surface area contributed by atoms with Gasteiger partial charge in [-0.25, -0.2) is 0 Å². The van der Waals surface area contributed by atoms with Gasteiger partial charge in [0.2, 0.25) is 5.91 Å². The van der Waals surface area contributed by atoms with Crippen LogP contribution in [0.1, 0.15) is 39.0 Å². The molecule has 1 rings (SSSR count). The molecule has 0 aromatic rings. The number of hydrogen-bond acceptors (Lipinski definition) is 3. The van der Waals surface area contributed by atoms with Crippen LogP contribution in [0.3, 0.4) is 0 Å². The smallest absolute Gasteiger partial charge is 0.222 e. The minimum Gasteiger partial charge on any atom is -0.342 e. The summed E-state index contributed by atoms with van der Waals surface area (Å²) in [5.41, 5.74) is 0. The molecule has 1 fully saturated rings. The molecule has 0 saturated carbocycles. The molecule has 1 saturated heterocycles. The van der Waals surface area contributed by atoms with Crippen LogP contribution in [0.15, 0.2) is 0 Å². The fourth-order valence-electron chi connectivity index (χ4n) is 2.19. The first-order valence-electron chi connectivity index (χ1n) is 6.48.